The number of rotatable bonds is 3. The lowest BCUT2D eigenvalue weighted by molar-refractivity contribution is 0.743. The zero-order valence-electron chi connectivity index (χ0n) is 14.6. The maximum atomic E-state index is 12.8. The molecule has 2 heterocycles. The Bertz CT molecular complexity index is 1160. The van der Waals surface area contributed by atoms with Crippen LogP contribution < -0.4 is 5.56 Å². The van der Waals surface area contributed by atoms with Gasteiger partial charge in [0, 0.05) is 23.0 Å². The molecule has 0 aliphatic carbocycles. The van der Waals surface area contributed by atoms with Crippen molar-refractivity contribution < 1.29 is 0 Å². The van der Waals surface area contributed by atoms with Crippen molar-refractivity contribution in [1.29, 1.82) is 0 Å². The van der Waals surface area contributed by atoms with Crippen molar-refractivity contribution in [3.05, 3.63) is 93.0 Å². The van der Waals surface area contributed by atoms with Crippen LogP contribution in [0.5, 0.6) is 0 Å². The summed E-state index contributed by atoms with van der Waals surface area (Å²) >= 11 is 5.93. The van der Waals surface area contributed by atoms with Gasteiger partial charge in [0.05, 0.1) is 12.2 Å². The van der Waals surface area contributed by atoms with Crippen molar-refractivity contribution in [2.24, 2.45) is 0 Å². The largest absolute Gasteiger partial charge is 0.308 e. The van der Waals surface area contributed by atoms with Crippen LogP contribution in [0.1, 0.15) is 16.7 Å². The third-order valence-electron chi connectivity index (χ3n) is 4.67. The van der Waals surface area contributed by atoms with E-state index in [-0.39, 0.29) is 5.56 Å². The molecule has 0 amide bonds. The van der Waals surface area contributed by atoms with Crippen LogP contribution in [-0.4, -0.2) is 14.2 Å². The first-order valence-corrected chi connectivity index (χ1v) is 8.80. The van der Waals surface area contributed by atoms with Crippen LogP contribution in [-0.2, 0) is 6.54 Å². The Labute approximate surface area is 156 Å². The number of aromatic nitrogens is 3. The zero-order chi connectivity index (χ0) is 18.3. The topological polar surface area (TPSA) is 39.3 Å². The van der Waals surface area contributed by atoms with Crippen molar-refractivity contribution in [2.45, 2.75) is 20.4 Å². The molecule has 0 saturated carbocycles. The average molecular weight is 364 g/mol. The van der Waals surface area contributed by atoms with E-state index < -0.39 is 0 Å². The van der Waals surface area contributed by atoms with E-state index in [1.54, 1.807) is 15.3 Å². The molecule has 0 spiro atoms. The summed E-state index contributed by atoms with van der Waals surface area (Å²) in [5, 5.41) is 5.25. The molecular weight excluding hydrogens is 346 g/mol. The molecule has 4 aromatic rings. The fourth-order valence-electron chi connectivity index (χ4n) is 2.98. The molecule has 0 N–H and O–H groups in total. The van der Waals surface area contributed by atoms with E-state index in [9.17, 15) is 4.79 Å². The number of halogens is 1. The van der Waals surface area contributed by atoms with Gasteiger partial charge < -0.3 is 4.57 Å². The predicted molar refractivity (Wildman–Crippen MR) is 105 cm³/mol. The van der Waals surface area contributed by atoms with Gasteiger partial charge in [-0.15, -0.1) is 0 Å². The minimum atomic E-state index is -0.0648. The van der Waals surface area contributed by atoms with Crippen LogP contribution >= 0.6 is 11.6 Å². The van der Waals surface area contributed by atoms with Crippen molar-refractivity contribution in [3.63, 3.8) is 0 Å². The van der Waals surface area contributed by atoms with Crippen LogP contribution in [0, 0.1) is 13.8 Å². The summed E-state index contributed by atoms with van der Waals surface area (Å²) in [5.74, 6) is 0. The highest BCUT2D eigenvalue weighted by molar-refractivity contribution is 6.30. The smallest absolute Gasteiger partial charge is 0.276 e. The first-order valence-electron chi connectivity index (χ1n) is 8.42. The maximum absolute atomic E-state index is 12.8. The highest BCUT2D eigenvalue weighted by atomic mass is 35.5. The van der Waals surface area contributed by atoms with Crippen molar-refractivity contribution >= 4 is 17.1 Å². The van der Waals surface area contributed by atoms with E-state index in [4.69, 9.17) is 11.6 Å². The van der Waals surface area contributed by atoms with Gasteiger partial charge in [0.15, 0.2) is 0 Å². The van der Waals surface area contributed by atoms with Gasteiger partial charge in [-0.3, -0.25) is 4.79 Å². The Balaban J connectivity index is 1.74. The quantitative estimate of drug-likeness (QED) is 0.538. The summed E-state index contributed by atoms with van der Waals surface area (Å²) in [6.45, 7) is 4.66. The van der Waals surface area contributed by atoms with Gasteiger partial charge in [-0.25, -0.2) is 4.52 Å². The molecule has 0 saturated heterocycles. The molecule has 0 bridgehead atoms. The van der Waals surface area contributed by atoms with E-state index in [0.717, 1.165) is 16.8 Å². The fourth-order valence-corrected chi connectivity index (χ4v) is 3.11. The fraction of sp³-hybridized carbons (Fsp3) is 0.143. The van der Waals surface area contributed by atoms with Gasteiger partial charge in [0.25, 0.3) is 5.56 Å². The zero-order valence-corrected chi connectivity index (χ0v) is 15.4. The lowest BCUT2D eigenvalue weighted by Crippen LogP contribution is -2.21. The summed E-state index contributed by atoms with van der Waals surface area (Å²) in [4.78, 5) is 12.8. The molecule has 130 valence electrons. The normalized spacial score (nSPS) is 11.2. The van der Waals surface area contributed by atoms with Gasteiger partial charge in [-0.1, -0.05) is 35.9 Å². The molecule has 0 unspecified atom stereocenters. The Morgan fingerprint density at radius 2 is 1.73 bits per heavy atom. The average Bonchev–Trinajstić information content (AvgIpc) is 3.07. The van der Waals surface area contributed by atoms with E-state index in [1.165, 1.54) is 11.1 Å². The second-order valence-electron chi connectivity index (χ2n) is 6.52. The van der Waals surface area contributed by atoms with Crippen LogP contribution in [0.4, 0.5) is 0 Å². The minimum absolute atomic E-state index is 0.0648. The molecule has 2 aromatic heterocycles. The van der Waals surface area contributed by atoms with E-state index >= 15 is 0 Å². The number of hydrogen-bond acceptors (Lipinski definition) is 2. The Morgan fingerprint density at radius 3 is 2.46 bits per heavy atom. The highest BCUT2D eigenvalue weighted by Gasteiger charge is 2.10. The first kappa shape index (κ1) is 16.6. The summed E-state index contributed by atoms with van der Waals surface area (Å²) in [6.07, 6.45) is 3.58. The van der Waals surface area contributed by atoms with Crippen LogP contribution in [0.25, 0.3) is 16.8 Å². The number of hydrogen-bond donors (Lipinski definition) is 0. The summed E-state index contributed by atoms with van der Waals surface area (Å²) in [5.41, 5.74) is 5.78. The second kappa shape index (κ2) is 6.46. The number of aryl methyl sites for hydroxylation is 2. The monoisotopic (exact) mass is 363 g/mol. The SMILES string of the molecule is Cc1ccc(-c2cc3c(=O)n(Cc4ccc(Cl)cc4)ccn3n2)cc1C. The highest BCUT2D eigenvalue weighted by Crippen LogP contribution is 2.21. The maximum Gasteiger partial charge on any atom is 0.276 e. The minimum Gasteiger partial charge on any atom is -0.308 e. The summed E-state index contributed by atoms with van der Waals surface area (Å²) in [7, 11) is 0. The Hall–Kier alpha value is -2.85. The third kappa shape index (κ3) is 3.04. The summed E-state index contributed by atoms with van der Waals surface area (Å²) in [6, 6.07) is 15.6. The number of nitrogens with zero attached hydrogens (tertiary/aromatic N) is 3. The van der Waals surface area contributed by atoms with Gasteiger partial charge in [-0.05, 0) is 54.8 Å². The lowest BCUT2D eigenvalue weighted by atomic mass is 10.0. The van der Waals surface area contributed by atoms with E-state index in [0.29, 0.717) is 17.1 Å². The molecule has 0 aliphatic rings. The van der Waals surface area contributed by atoms with Gasteiger partial charge in [0.1, 0.15) is 5.52 Å². The Kier molecular flexibility index (Phi) is 4.13. The number of benzene rings is 2. The second-order valence-corrected chi connectivity index (χ2v) is 6.95. The first-order chi connectivity index (χ1) is 12.5. The standard InChI is InChI=1S/C21H18ClN3O/c1-14-3-6-17(11-15(14)2)19-12-20-21(26)24(9-10-25(20)23-19)13-16-4-7-18(22)8-5-16/h3-12H,13H2,1-2H3. The van der Waals surface area contributed by atoms with Gasteiger partial charge >= 0.3 is 0 Å². The predicted octanol–water partition coefficient (Wildman–Crippen LogP) is 4.48. The Morgan fingerprint density at radius 1 is 0.962 bits per heavy atom. The van der Waals surface area contributed by atoms with Gasteiger partial charge in [-0.2, -0.15) is 5.10 Å². The van der Waals surface area contributed by atoms with Crippen molar-refractivity contribution in [3.8, 4) is 11.3 Å². The molecule has 0 radical (unpaired) electrons. The van der Waals surface area contributed by atoms with Crippen molar-refractivity contribution in [1.82, 2.24) is 14.2 Å². The molecule has 5 heteroatoms. The summed E-state index contributed by atoms with van der Waals surface area (Å²) < 4.78 is 3.33. The molecule has 26 heavy (non-hydrogen) atoms. The molecule has 2 aromatic carbocycles. The molecule has 4 nitrogen and oxygen atoms in total. The number of fused-ring (bicyclic) bond motifs is 1. The lowest BCUT2D eigenvalue weighted by Gasteiger charge is -2.06. The van der Waals surface area contributed by atoms with Crippen LogP contribution in [0.2, 0.25) is 5.02 Å². The molecule has 0 aliphatic heterocycles. The van der Waals surface area contributed by atoms with Crippen LogP contribution in [0.15, 0.2) is 65.7 Å². The van der Waals surface area contributed by atoms with E-state index in [2.05, 4.69) is 31.1 Å². The van der Waals surface area contributed by atoms with Gasteiger partial charge in [0.2, 0.25) is 0 Å². The molecule has 0 fully saturated rings. The molecule has 0 atom stereocenters. The van der Waals surface area contributed by atoms with E-state index in [1.807, 2.05) is 42.6 Å². The third-order valence-corrected chi connectivity index (χ3v) is 4.92. The molecule has 4 rings (SSSR count). The van der Waals surface area contributed by atoms with Crippen molar-refractivity contribution in [2.75, 3.05) is 0 Å². The van der Waals surface area contributed by atoms with Crippen LogP contribution in [0.3, 0.4) is 0 Å². The molecular formula is C21H18ClN3O.